The number of piperazine rings is 1. The summed E-state index contributed by atoms with van der Waals surface area (Å²) in [5.74, 6) is 1.48. The number of ether oxygens (including phenoxy) is 1. The molecule has 4 rings (SSSR count). The van der Waals surface area contributed by atoms with Crippen LogP contribution in [0.25, 0.3) is 0 Å². The minimum absolute atomic E-state index is 0. The average Bonchev–Trinajstić information content (AvgIpc) is 3.22. The molecular formula is C17H23ClN2O2. The summed E-state index contributed by atoms with van der Waals surface area (Å²) in [6.45, 7) is 5.53. The van der Waals surface area contributed by atoms with Crippen LogP contribution in [-0.4, -0.2) is 43.1 Å². The lowest BCUT2D eigenvalue weighted by Crippen LogP contribution is -2.53. The van der Waals surface area contributed by atoms with Crippen LogP contribution in [0.2, 0.25) is 0 Å². The van der Waals surface area contributed by atoms with Gasteiger partial charge in [-0.2, -0.15) is 0 Å². The number of nitrogens with zero attached hydrogens (tertiary/aromatic N) is 1. The second-order valence-corrected chi connectivity index (χ2v) is 6.59. The normalized spacial score (nSPS) is 32.7. The molecule has 4 nitrogen and oxygen atoms in total. The van der Waals surface area contributed by atoms with Crippen LogP contribution >= 0.6 is 12.4 Å². The van der Waals surface area contributed by atoms with Crippen LogP contribution < -0.4 is 10.1 Å². The van der Waals surface area contributed by atoms with Gasteiger partial charge in [0.2, 0.25) is 5.91 Å². The second kappa shape index (κ2) is 5.74. The predicted octanol–water partition coefficient (Wildman–Crippen LogP) is 1.97. The van der Waals surface area contributed by atoms with Crippen LogP contribution in [-0.2, 0) is 10.2 Å². The monoisotopic (exact) mass is 322 g/mol. The van der Waals surface area contributed by atoms with Gasteiger partial charge in [-0.05, 0) is 25.8 Å². The third kappa shape index (κ3) is 2.29. The van der Waals surface area contributed by atoms with Gasteiger partial charge in [0.05, 0.1) is 6.61 Å². The van der Waals surface area contributed by atoms with Crippen molar-refractivity contribution in [1.29, 1.82) is 0 Å². The van der Waals surface area contributed by atoms with Gasteiger partial charge in [0.25, 0.3) is 0 Å². The molecule has 3 aliphatic rings. The van der Waals surface area contributed by atoms with Crippen molar-refractivity contribution in [2.75, 3.05) is 26.2 Å². The Kier molecular flexibility index (Phi) is 4.08. The molecule has 1 saturated heterocycles. The van der Waals surface area contributed by atoms with Gasteiger partial charge in [-0.3, -0.25) is 4.79 Å². The van der Waals surface area contributed by atoms with Gasteiger partial charge in [-0.15, -0.1) is 12.4 Å². The number of amides is 1. The summed E-state index contributed by atoms with van der Waals surface area (Å²) in [5.41, 5.74) is 1.30. The Bertz CT molecular complexity index is 580. The van der Waals surface area contributed by atoms with Gasteiger partial charge in [0.15, 0.2) is 0 Å². The van der Waals surface area contributed by atoms with E-state index in [4.69, 9.17) is 4.74 Å². The Morgan fingerprint density at radius 3 is 3.05 bits per heavy atom. The fourth-order valence-electron chi connectivity index (χ4n) is 4.05. The summed E-state index contributed by atoms with van der Waals surface area (Å²) >= 11 is 0. The fourth-order valence-corrected chi connectivity index (χ4v) is 4.05. The van der Waals surface area contributed by atoms with E-state index in [1.54, 1.807) is 0 Å². The van der Waals surface area contributed by atoms with Crippen molar-refractivity contribution in [3.63, 3.8) is 0 Å². The summed E-state index contributed by atoms with van der Waals surface area (Å²) in [4.78, 5) is 15.0. The number of carbonyl (C=O) groups is 1. The molecule has 2 unspecified atom stereocenters. The highest BCUT2D eigenvalue weighted by molar-refractivity contribution is 5.85. The number of hydrogen-bond acceptors (Lipinski definition) is 3. The molecule has 1 aromatic rings. The Hall–Kier alpha value is -1.26. The number of para-hydroxylation sites is 1. The maximum atomic E-state index is 12.9. The van der Waals surface area contributed by atoms with E-state index in [0.717, 1.165) is 44.8 Å². The molecule has 5 heteroatoms. The van der Waals surface area contributed by atoms with Crippen molar-refractivity contribution in [2.24, 2.45) is 5.92 Å². The minimum atomic E-state index is 0. The first-order valence-corrected chi connectivity index (χ1v) is 7.96. The standard InChI is InChI=1S/C17H22N2O2.ClH/c1-12-11-18-7-8-19(12)16(20)14-10-17(14)6-9-21-15-5-3-2-4-13(15)17;/h2-5,12,14,18H,6-11H2,1H3;1H/t12-,14?,17?;/m0./s1. The quantitative estimate of drug-likeness (QED) is 0.859. The lowest BCUT2D eigenvalue weighted by Gasteiger charge is -2.35. The molecule has 3 atom stereocenters. The number of fused-ring (bicyclic) bond motifs is 2. The van der Waals surface area contributed by atoms with Crippen molar-refractivity contribution in [1.82, 2.24) is 10.2 Å². The van der Waals surface area contributed by atoms with Gasteiger partial charge < -0.3 is 15.0 Å². The van der Waals surface area contributed by atoms with Crippen molar-refractivity contribution < 1.29 is 9.53 Å². The lowest BCUT2D eigenvalue weighted by atomic mass is 9.87. The molecule has 0 radical (unpaired) electrons. The molecule has 2 fully saturated rings. The summed E-state index contributed by atoms with van der Waals surface area (Å²) in [5, 5.41) is 3.35. The van der Waals surface area contributed by atoms with E-state index in [1.165, 1.54) is 5.56 Å². The van der Waals surface area contributed by atoms with Gasteiger partial charge in [-0.1, -0.05) is 18.2 Å². The maximum absolute atomic E-state index is 12.9. The zero-order valence-corrected chi connectivity index (χ0v) is 13.7. The van der Waals surface area contributed by atoms with Crippen LogP contribution in [0, 0.1) is 5.92 Å². The molecular weight excluding hydrogens is 300 g/mol. The van der Waals surface area contributed by atoms with Crippen molar-refractivity contribution in [3.8, 4) is 5.75 Å². The first-order valence-electron chi connectivity index (χ1n) is 7.96. The lowest BCUT2D eigenvalue weighted by molar-refractivity contribution is -0.136. The van der Waals surface area contributed by atoms with E-state index >= 15 is 0 Å². The second-order valence-electron chi connectivity index (χ2n) is 6.59. The first-order chi connectivity index (χ1) is 10.2. The fraction of sp³-hybridized carbons (Fsp3) is 0.588. The van der Waals surface area contributed by atoms with Gasteiger partial charge in [0.1, 0.15) is 5.75 Å². The van der Waals surface area contributed by atoms with E-state index < -0.39 is 0 Å². The first kappa shape index (κ1) is 15.6. The van der Waals surface area contributed by atoms with Gasteiger partial charge in [-0.25, -0.2) is 0 Å². The molecule has 2 heterocycles. The Morgan fingerprint density at radius 2 is 2.23 bits per heavy atom. The Balaban J connectivity index is 0.00000144. The molecule has 1 saturated carbocycles. The predicted molar refractivity (Wildman–Crippen MR) is 87.6 cm³/mol. The highest BCUT2D eigenvalue weighted by atomic mass is 35.5. The average molecular weight is 323 g/mol. The van der Waals surface area contributed by atoms with Crippen LogP contribution in [0.5, 0.6) is 5.75 Å². The van der Waals surface area contributed by atoms with Crippen LogP contribution in [0.15, 0.2) is 24.3 Å². The SMILES string of the molecule is C[C@H]1CNCCN1C(=O)C1CC12CCOc1ccccc12.Cl. The molecule has 1 aliphatic carbocycles. The number of rotatable bonds is 1. The molecule has 1 aromatic carbocycles. The van der Waals surface area contributed by atoms with E-state index in [0.29, 0.717) is 11.9 Å². The molecule has 120 valence electrons. The molecule has 2 aliphatic heterocycles. The summed E-state index contributed by atoms with van der Waals surface area (Å²) in [7, 11) is 0. The third-order valence-corrected chi connectivity index (χ3v) is 5.39. The molecule has 1 spiro atoms. The zero-order valence-electron chi connectivity index (χ0n) is 12.9. The Labute approximate surface area is 137 Å². The zero-order chi connectivity index (χ0) is 14.4. The molecule has 1 N–H and O–H groups in total. The number of nitrogens with one attached hydrogen (secondary N) is 1. The van der Waals surface area contributed by atoms with Crippen LogP contribution in [0.1, 0.15) is 25.3 Å². The van der Waals surface area contributed by atoms with Crippen molar-refractivity contribution in [3.05, 3.63) is 29.8 Å². The molecule has 1 amide bonds. The summed E-state index contributed by atoms with van der Waals surface area (Å²) < 4.78 is 5.76. The van der Waals surface area contributed by atoms with E-state index in [2.05, 4.69) is 29.3 Å². The van der Waals surface area contributed by atoms with E-state index in [9.17, 15) is 4.79 Å². The van der Waals surface area contributed by atoms with Crippen LogP contribution in [0.4, 0.5) is 0 Å². The maximum Gasteiger partial charge on any atom is 0.226 e. The summed E-state index contributed by atoms with van der Waals surface area (Å²) in [6.07, 6.45) is 1.96. The summed E-state index contributed by atoms with van der Waals surface area (Å²) in [6, 6.07) is 8.55. The van der Waals surface area contributed by atoms with Crippen molar-refractivity contribution in [2.45, 2.75) is 31.2 Å². The number of hydrogen-bond donors (Lipinski definition) is 1. The Morgan fingerprint density at radius 1 is 1.41 bits per heavy atom. The largest absolute Gasteiger partial charge is 0.493 e. The highest BCUT2D eigenvalue weighted by Crippen LogP contribution is 2.61. The number of carbonyl (C=O) groups excluding carboxylic acids is 1. The third-order valence-electron chi connectivity index (χ3n) is 5.39. The smallest absolute Gasteiger partial charge is 0.226 e. The van der Waals surface area contributed by atoms with E-state index in [1.807, 2.05) is 12.1 Å². The van der Waals surface area contributed by atoms with Crippen molar-refractivity contribution >= 4 is 18.3 Å². The number of benzene rings is 1. The molecule has 22 heavy (non-hydrogen) atoms. The molecule has 0 aromatic heterocycles. The van der Waals surface area contributed by atoms with Gasteiger partial charge >= 0.3 is 0 Å². The minimum Gasteiger partial charge on any atom is -0.493 e. The topological polar surface area (TPSA) is 41.6 Å². The number of halogens is 1. The van der Waals surface area contributed by atoms with E-state index in [-0.39, 0.29) is 23.7 Å². The molecule has 0 bridgehead atoms. The highest BCUT2D eigenvalue weighted by Gasteiger charge is 2.62. The van der Waals surface area contributed by atoms with Crippen LogP contribution in [0.3, 0.4) is 0 Å². The van der Waals surface area contributed by atoms with Gasteiger partial charge in [0, 0.05) is 42.6 Å².